The number of benzene rings is 1. The summed E-state index contributed by atoms with van der Waals surface area (Å²) in [7, 11) is 0. The van der Waals surface area contributed by atoms with Gasteiger partial charge in [-0.15, -0.1) is 11.3 Å². The molecule has 90 valence electrons. The van der Waals surface area contributed by atoms with Crippen LogP contribution >= 0.6 is 11.3 Å². The molecule has 1 N–H and O–H groups in total. The zero-order chi connectivity index (χ0) is 12.6. The fourth-order valence-corrected chi connectivity index (χ4v) is 2.60. The highest BCUT2D eigenvalue weighted by Gasteiger charge is 2.15. The van der Waals surface area contributed by atoms with E-state index < -0.39 is 17.7 Å². The maximum absolute atomic E-state index is 13.5. The average molecular weight is 255 g/mol. The molecule has 0 aliphatic rings. The number of halogens is 2. The van der Waals surface area contributed by atoms with Gasteiger partial charge in [-0.1, -0.05) is 0 Å². The molecule has 0 spiro atoms. The summed E-state index contributed by atoms with van der Waals surface area (Å²) in [4.78, 5) is 4.89. The summed E-state index contributed by atoms with van der Waals surface area (Å²) in [5, 5.41) is 9.95. The largest absolute Gasteiger partial charge is 0.388 e. The second-order valence-corrected chi connectivity index (χ2v) is 4.80. The number of aryl methyl sites for hydroxylation is 1. The second kappa shape index (κ2) is 4.50. The van der Waals surface area contributed by atoms with Gasteiger partial charge in [0.05, 0.1) is 16.7 Å². The maximum Gasteiger partial charge on any atom is 0.136 e. The van der Waals surface area contributed by atoms with Crippen LogP contribution in [0.3, 0.4) is 0 Å². The number of thiazole rings is 1. The molecule has 1 heterocycles. The van der Waals surface area contributed by atoms with Crippen molar-refractivity contribution in [3.63, 3.8) is 0 Å². The topological polar surface area (TPSA) is 33.1 Å². The van der Waals surface area contributed by atoms with E-state index in [-0.39, 0.29) is 5.56 Å². The van der Waals surface area contributed by atoms with Crippen LogP contribution in [0.25, 0.3) is 10.6 Å². The molecule has 1 aromatic carbocycles. The van der Waals surface area contributed by atoms with Gasteiger partial charge in [-0.05, 0) is 26.0 Å². The Balaban J connectivity index is 2.50. The smallest absolute Gasteiger partial charge is 0.136 e. The molecule has 0 aliphatic heterocycles. The first-order chi connectivity index (χ1) is 7.99. The summed E-state index contributed by atoms with van der Waals surface area (Å²) in [6.45, 7) is 3.38. The molecule has 5 heteroatoms. The number of nitrogens with zero attached hydrogens (tertiary/aromatic N) is 1. The van der Waals surface area contributed by atoms with E-state index in [0.717, 1.165) is 6.07 Å². The molecule has 0 aliphatic carbocycles. The van der Waals surface area contributed by atoms with Crippen LogP contribution < -0.4 is 0 Å². The molecule has 1 unspecified atom stereocenters. The van der Waals surface area contributed by atoms with Crippen molar-refractivity contribution in [2.24, 2.45) is 0 Å². The van der Waals surface area contributed by atoms with Gasteiger partial charge >= 0.3 is 0 Å². The highest BCUT2D eigenvalue weighted by Crippen LogP contribution is 2.33. The van der Waals surface area contributed by atoms with Crippen LogP contribution in [0.15, 0.2) is 18.2 Å². The van der Waals surface area contributed by atoms with Crippen molar-refractivity contribution >= 4 is 11.3 Å². The Morgan fingerprint density at radius 2 is 2.06 bits per heavy atom. The minimum Gasteiger partial charge on any atom is -0.388 e. The summed E-state index contributed by atoms with van der Waals surface area (Å²) < 4.78 is 26.3. The fourth-order valence-electron chi connectivity index (χ4n) is 1.57. The van der Waals surface area contributed by atoms with Crippen molar-refractivity contribution < 1.29 is 13.9 Å². The highest BCUT2D eigenvalue weighted by atomic mass is 32.1. The summed E-state index contributed by atoms with van der Waals surface area (Å²) in [5.41, 5.74) is 0.926. The molecule has 1 atom stereocenters. The molecule has 0 radical (unpaired) electrons. The van der Waals surface area contributed by atoms with Gasteiger partial charge in [0, 0.05) is 11.6 Å². The predicted octanol–water partition coefficient (Wildman–Crippen LogP) is 3.45. The van der Waals surface area contributed by atoms with Crippen LogP contribution in [0, 0.1) is 18.6 Å². The number of aliphatic hydroxyl groups excluding tert-OH is 1. The van der Waals surface area contributed by atoms with Crippen molar-refractivity contribution in [3.8, 4) is 10.6 Å². The first kappa shape index (κ1) is 12.1. The van der Waals surface area contributed by atoms with E-state index in [1.54, 1.807) is 13.8 Å². The monoisotopic (exact) mass is 255 g/mol. The number of aliphatic hydroxyl groups is 1. The minimum atomic E-state index is -0.643. The Morgan fingerprint density at radius 3 is 2.59 bits per heavy atom. The van der Waals surface area contributed by atoms with Gasteiger partial charge in [-0.3, -0.25) is 0 Å². The molecule has 0 fully saturated rings. The highest BCUT2D eigenvalue weighted by molar-refractivity contribution is 7.15. The summed E-state index contributed by atoms with van der Waals surface area (Å²) in [6.07, 6.45) is -0.634. The standard InChI is InChI=1S/C12H11F2NOS/c1-6-11(7(2)16)17-12(15-6)9-4-3-8(13)5-10(9)14/h3-5,7,16H,1-2H3. The molecule has 2 nitrogen and oxygen atoms in total. The molecule has 17 heavy (non-hydrogen) atoms. The number of rotatable bonds is 2. The van der Waals surface area contributed by atoms with E-state index in [9.17, 15) is 13.9 Å². The minimum absolute atomic E-state index is 0.256. The third kappa shape index (κ3) is 2.35. The van der Waals surface area contributed by atoms with Crippen LogP contribution in [0.1, 0.15) is 23.6 Å². The van der Waals surface area contributed by atoms with Crippen molar-refractivity contribution in [2.45, 2.75) is 20.0 Å². The molecule has 0 amide bonds. The summed E-state index contributed by atoms with van der Waals surface area (Å²) in [6, 6.07) is 3.38. The van der Waals surface area contributed by atoms with Gasteiger partial charge in [0.25, 0.3) is 0 Å². The quantitative estimate of drug-likeness (QED) is 0.891. The lowest BCUT2D eigenvalue weighted by Gasteiger charge is -1.99. The van der Waals surface area contributed by atoms with Gasteiger partial charge in [0.2, 0.25) is 0 Å². The predicted molar refractivity (Wildman–Crippen MR) is 62.8 cm³/mol. The van der Waals surface area contributed by atoms with Crippen molar-refractivity contribution in [3.05, 3.63) is 40.4 Å². The molecular formula is C12H11F2NOS. The second-order valence-electron chi connectivity index (χ2n) is 3.77. The third-order valence-corrected chi connectivity index (χ3v) is 3.73. The molecule has 2 aromatic rings. The zero-order valence-corrected chi connectivity index (χ0v) is 10.2. The third-order valence-electron chi connectivity index (χ3n) is 2.37. The van der Waals surface area contributed by atoms with Gasteiger partial charge in [-0.2, -0.15) is 0 Å². The van der Waals surface area contributed by atoms with E-state index in [0.29, 0.717) is 15.6 Å². The van der Waals surface area contributed by atoms with E-state index in [2.05, 4.69) is 4.98 Å². The normalized spacial score (nSPS) is 12.8. The van der Waals surface area contributed by atoms with Crippen LogP contribution in [0.4, 0.5) is 8.78 Å². The molecular weight excluding hydrogens is 244 g/mol. The number of hydrogen-bond acceptors (Lipinski definition) is 3. The summed E-state index contributed by atoms with van der Waals surface area (Å²) >= 11 is 1.22. The number of hydrogen-bond donors (Lipinski definition) is 1. The molecule has 0 saturated heterocycles. The Kier molecular flexibility index (Phi) is 3.22. The molecule has 0 saturated carbocycles. The van der Waals surface area contributed by atoms with Gasteiger partial charge in [0.15, 0.2) is 0 Å². The molecule has 2 rings (SSSR count). The molecule has 1 aromatic heterocycles. The average Bonchev–Trinajstić information content (AvgIpc) is 2.60. The van der Waals surface area contributed by atoms with Gasteiger partial charge in [0.1, 0.15) is 16.6 Å². The van der Waals surface area contributed by atoms with E-state index in [1.165, 1.54) is 23.5 Å². The van der Waals surface area contributed by atoms with Crippen molar-refractivity contribution in [1.29, 1.82) is 0 Å². The Bertz CT molecular complexity index is 551. The SMILES string of the molecule is Cc1nc(-c2ccc(F)cc2F)sc1C(C)O. The van der Waals surface area contributed by atoms with E-state index in [4.69, 9.17) is 0 Å². The van der Waals surface area contributed by atoms with Crippen LogP contribution in [-0.2, 0) is 0 Å². The Morgan fingerprint density at radius 1 is 1.35 bits per heavy atom. The lowest BCUT2D eigenvalue weighted by atomic mass is 10.2. The van der Waals surface area contributed by atoms with Crippen molar-refractivity contribution in [1.82, 2.24) is 4.98 Å². The summed E-state index contributed by atoms with van der Waals surface area (Å²) in [5.74, 6) is -1.26. The lowest BCUT2D eigenvalue weighted by molar-refractivity contribution is 0.202. The zero-order valence-electron chi connectivity index (χ0n) is 9.37. The first-order valence-electron chi connectivity index (χ1n) is 5.10. The van der Waals surface area contributed by atoms with Crippen LogP contribution in [-0.4, -0.2) is 10.1 Å². The van der Waals surface area contributed by atoms with Gasteiger partial charge < -0.3 is 5.11 Å². The number of aromatic nitrogens is 1. The van der Waals surface area contributed by atoms with E-state index in [1.807, 2.05) is 0 Å². The van der Waals surface area contributed by atoms with Crippen LogP contribution in [0.2, 0.25) is 0 Å². The van der Waals surface area contributed by atoms with Crippen molar-refractivity contribution in [2.75, 3.05) is 0 Å². The van der Waals surface area contributed by atoms with Gasteiger partial charge in [-0.25, -0.2) is 13.8 Å². The Hall–Kier alpha value is -1.33. The van der Waals surface area contributed by atoms with Crippen LogP contribution in [0.5, 0.6) is 0 Å². The van der Waals surface area contributed by atoms with E-state index >= 15 is 0 Å². The fraction of sp³-hybridized carbons (Fsp3) is 0.250. The molecule has 0 bridgehead atoms. The first-order valence-corrected chi connectivity index (χ1v) is 5.91. The lowest BCUT2D eigenvalue weighted by Crippen LogP contribution is -1.88. The Labute approximate surface area is 102 Å². The maximum atomic E-state index is 13.5.